The monoisotopic (exact) mass is 570 g/mol. The van der Waals surface area contributed by atoms with Crippen molar-refractivity contribution in [3.05, 3.63) is 130 Å². The Morgan fingerprint density at radius 2 is 1.71 bits per heavy atom. The standard InChI is InChI=1S/C32H24ClFN2O5/c1-19(39-24-12-8-22(34)9-13-24)32(37)40-25-14-15-26-29(16-25)41-31(36)27(17-35)30(26)20-6-10-23(11-7-20)38-18-21-4-2-3-5-28(21)33/h2-16,19,30H,18,36H2,1H3. The average Bonchev–Trinajstić information content (AvgIpc) is 2.97. The molecule has 0 amide bonds. The number of halogens is 2. The summed E-state index contributed by atoms with van der Waals surface area (Å²) in [4.78, 5) is 12.6. The average molecular weight is 571 g/mol. The first-order valence-electron chi connectivity index (χ1n) is 12.6. The Morgan fingerprint density at radius 3 is 2.41 bits per heavy atom. The molecule has 4 aromatic carbocycles. The van der Waals surface area contributed by atoms with E-state index < -0.39 is 23.8 Å². The van der Waals surface area contributed by atoms with Gasteiger partial charge in [0.15, 0.2) is 6.10 Å². The molecule has 2 atom stereocenters. The zero-order chi connectivity index (χ0) is 28.9. The fourth-order valence-corrected chi connectivity index (χ4v) is 4.53. The topological polar surface area (TPSA) is 104 Å². The highest BCUT2D eigenvalue weighted by Gasteiger charge is 2.31. The number of esters is 1. The molecule has 1 aliphatic heterocycles. The molecule has 0 saturated heterocycles. The van der Waals surface area contributed by atoms with E-state index in [1.54, 1.807) is 18.2 Å². The molecule has 0 spiro atoms. The second-order valence-electron chi connectivity index (χ2n) is 9.21. The van der Waals surface area contributed by atoms with E-state index in [1.165, 1.54) is 37.3 Å². The number of allylic oxidation sites excluding steroid dienone is 1. The first kappa shape index (κ1) is 27.6. The molecular formula is C32H24ClFN2O5. The van der Waals surface area contributed by atoms with Crippen molar-refractivity contribution in [3.8, 4) is 29.1 Å². The number of hydrogen-bond donors (Lipinski definition) is 1. The van der Waals surface area contributed by atoms with Gasteiger partial charge in [0.25, 0.3) is 0 Å². The smallest absolute Gasteiger partial charge is 0.352 e. The molecular weight excluding hydrogens is 547 g/mol. The molecule has 4 aromatic rings. The summed E-state index contributed by atoms with van der Waals surface area (Å²) < 4.78 is 35.8. The lowest BCUT2D eigenvalue weighted by atomic mass is 9.83. The van der Waals surface area contributed by atoms with Crippen molar-refractivity contribution in [2.75, 3.05) is 0 Å². The van der Waals surface area contributed by atoms with E-state index in [2.05, 4.69) is 6.07 Å². The minimum Gasteiger partial charge on any atom is -0.489 e. The number of rotatable bonds is 8. The van der Waals surface area contributed by atoms with Gasteiger partial charge in [0.1, 0.15) is 47.1 Å². The molecule has 0 saturated carbocycles. The maximum Gasteiger partial charge on any atom is 0.352 e. The summed E-state index contributed by atoms with van der Waals surface area (Å²) in [6, 6.07) is 27.1. The van der Waals surface area contributed by atoms with Crippen LogP contribution < -0.4 is 24.7 Å². The Hall–Kier alpha value is -5.00. The molecule has 1 aliphatic rings. The predicted octanol–water partition coefficient (Wildman–Crippen LogP) is 6.65. The second-order valence-corrected chi connectivity index (χ2v) is 9.62. The molecule has 0 fully saturated rings. The highest BCUT2D eigenvalue weighted by molar-refractivity contribution is 6.31. The Labute approximate surface area is 241 Å². The van der Waals surface area contributed by atoms with E-state index in [1.807, 2.05) is 42.5 Å². The number of nitriles is 1. The van der Waals surface area contributed by atoms with Crippen LogP contribution in [0.15, 0.2) is 102 Å². The van der Waals surface area contributed by atoms with Crippen molar-refractivity contribution in [2.45, 2.75) is 25.6 Å². The molecule has 9 heteroatoms. The van der Waals surface area contributed by atoms with Gasteiger partial charge in [-0.15, -0.1) is 0 Å². The predicted molar refractivity (Wildman–Crippen MR) is 150 cm³/mol. The summed E-state index contributed by atoms with van der Waals surface area (Å²) in [6.45, 7) is 1.84. The fraction of sp³-hybridized carbons (Fsp3) is 0.125. The molecule has 206 valence electrons. The summed E-state index contributed by atoms with van der Waals surface area (Å²) >= 11 is 6.22. The summed E-state index contributed by atoms with van der Waals surface area (Å²) in [6.07, 6.45) is -0.959. The van der Waals surface area contributed by atoms with Gasteiger partial charge in [0.05, 0.1) is 5.92 Å². The van der Waals surface area contributed by atoms with E-state index in [0.717, 1.165) is 11.1 Å². The van der Waals surface area contributed by atoms with Crippen LogP contribution in [0.3, 0.4) is 0 Å². The van der Waals surface area contributed by atoms with Crippen LogP contribution in [-0.4, -0.2) is 12.1 Å². The highest BCUT2D eigenvalue weighted by atomic mass is 35.5. The van der Waals surface area contributed by atoms with E-state index in [-0.39, 0.29) is 17.2 Å². The molecule has 7 nitrogen and oxygen atoms in total. The summed E-state index contributed by atoms with van der Waals surface area (Å²) in [5.41, 5.74) is 8.73. The van der Waals surface area contributed by atoms with Crippen LogP contribution in [0.4, 0.5) is 4.39 Å². The molecule has 0 aliphatic carbocycles. The van der Waals surface area contributed by atoms with Crippen molar-refractivity contribution < 1.29 is 28.1 Å². The molecule has 0 radical (unpaired) electrons. The Kier molecular flexibility index (Phi) is 8.09. The number of nitrogens with two attached hydrogens (primary N) is 1. The van der Waals surface area contributed by atoms with Gasteiger partial charge in [-0.2, -0.15) is 5.26 Å². The summed E-state index contributed by atoms with van der Waals surface area (Å²) in [5.74, 6) is -0.0972. The Bertz CT molecular complexity index is 1650. The number of carbonyl (C=O) groups is 1. The molecule has 0 bridgehead atoms. The van der Waals surface area contributed by atoms with Crippen LogP contribution in [-0.2, 0) is 11.4 Å². The van der Waals surface area contributed by atoms with E-state index in [0.29, 0.717) is 34.4 Å². The summed E-state index contributed by atoms with van der Waals surface area (Å²) in [5, 5.41) is 10.5. The van der Waals surface area contributed by atoms with Gasteiger partial charge in [-0.25, -0.2) is 9.18 Å². The lowest BCUT2D eigenvalue weighted by molar-refractivity contribution is -0.141. The number of benzene rings is 4. The number of nitrogens with zero attached hydrogens (tertiary/aromatic N) is 1. The molecule has 1 heterocycles. The number of hydrogen-bond acceptors (Lipinski definition) is 7. The first-order valence-corrected chi connectivity index (χ1v) is 13.0. The SMILES string of the molecule is CC(Oc1ccc(F)cc1)C(=O)Oc1ccc2c(c1)OC(N)=C(C#N)C2c1ccc(OCc2ccccc2Cl)cc1. The van der Waals surface area contributed by atoms with Crippen LogP contribution >= 0.6 is 11.6 Å². The Balaban J connectivity index is 1.32. The third-order valence-electron chi connectivity index (χ3n) is 6.43. The minimum absolute atomic E-state index is 0.0412. The van der Waals surface area contributed by atoms with Crippen molar-refractivity contribution >= 4 is 17.6 Å². The van der Waals surface area contributed by atoms with Crippen LogP contribution in [0.2, 0.25) is 5.02 Å². The summed E-state index contributed by atoms with van der Waals surface area (Å²) in [7, 11) is 0. The van der Waals surface area contributed by atoms with Gasteiger partial charge in [0.2, 0.25) is 5.88 Å². The zero-order valence-electron chi connectivity index (χ0n) is 21.8. The van der Waals surface area contributed by atoms with Crippen LogP contribution in [0.25, 0.3) is 0 Å². The zero-order valence-corrected chi connectivity index (χ0v) is 22.6. The van der Waals surface area contributed by atoms with Gasteiger partial charge in [-0.05, 0) is 61.0 Å². The molecule has 2 N–H and O–H groups in total. The van der Waals surface area contributed by atoms with Gasteiger partial charge >= 0.3 is 5.97 Å². The van der Waals surface area contributed by atoms with Crippen molar-refractivity contribution in [2.24, 2.45) is 5.73 Å². The maximum atomic E-state index is 13.1. The van der Waals surface area contributed by atoms with Gasteiger partial charge in [-0.1, -0.05) is 48.0 Å². The number of carbonyl (C=O) groups excluding carboxylic acids is 1. The van der Waals surface area contributed by atoms with Crippen LogP contribution in [0.5, 0.6) is 23.0 Å². The first-order chi connectivity index (χ1) is 19.8. The van der Waals surface area contributed by atoms with Crippen LogP contribution in [0, 0.1) is 17.1 Å². The molecule has 0 aromatic heterocycles. The number of fused-ring (bicyclic) bond motifs is 1. The minimum atomic E-state index is -0.959. The third-order valence-corrected chi connectivity index (χ3v) is 6.80. The lowest BCUT2D eigenvalue weighted by Gasteiger charge is -2.27. The third kappa shape index (κ3) is 6.26. The lowest BCUT2D eigenvalue weighted by Crippen LogP contribution is -2.28. The maximum absolute atomic E-state index is 13.1. The van der Waals surface area contributed by atoms with E-state index >= 15 is 0 Å². The highest BCUT2D eigenvalue weighted by Crippen LogP contribution is 2.43. The molecule has 41 heavy (non-hydrogen) atoms. The number of ether oxygens (including phenoxy) is 4. The normalized spacial score (nSPS) is 14.7. The largest absolute Gasteiger partial charge is 0.489 e. The molecule has 5 rings (SSSR count). The second kappa shape index (κ2) is 12.0. The van der Waals surface area contributed by atoms with Gasteiger partial charge < -0.3 is 24.7 Å². The van der Waals surface area contributed by atoms with E-state index in [4.69, 9.17) is 36.3 Å². The quantitative estimate of drug-likeness (QED) is 0.187. The van der Waals surface area contributed by atoms with Crippen LogP contribution in [0.1, 0.15) is 29.5 Å². The van der Waals surface area contributed by atoms with Crippen molar-refractivity contribution in [1.82, 2.24) is 0 Å². The van der Waals surface area contributed by atoms with Crippen molar-refractivity contribution in [3.63, 3.8) is 0 Å². The fourth-order valence-electron chi connectivity index (χ4n) is 4.34. The van der Waals surface area contributed by atoms with Gasteiger partial charge in [-0.3, -0.25) is 0 Å². The van der Waals surface area contributed by atoms with Crippen molar-refractivity contribution in [1.29, 1.82) is 5.26 Å². The Morgan fingerprint density at radius 1 is 1.02 bits per heavy atom. The molecule has 2 unspecified atom stereocenters. The van der Waals surface area contributed by atoms with Gasteiger partial charge in [0, 0.05) is 22.2 Å². The van der Waals surface area contributed by atoms with E-state index in [9.17, 15) is 14.4 Å².